The average molecular weight is 255 g/mol. The normalized spacial score (nSPS) is 14.7. The smallest absolute Gasteiger partial charge is 0.0443 e. The van der Waals surface area contributed by atoms with E-state index in [0.717, 1.165) is 11.8 Å². The molecule has 0 spiro atoms. The third-order valence-corrected chi connectivity index (χ3v) is 4.25. The monoisotopic (exact) mass is 254 g/mol. The topological polar surface area (TPSA) is 0 Å². The van der Waals surface area contributed by atoms with Crippen LogP contribution in [0.2, 0.25) is 0 Å². The van der Waals surface area contributed by atoms with Crippen LogP contribution in [0.5, 0.6) is 0 Å². The molecule has 0 aliphatic carbocycles. The van der Waals surface area contributed by atoms with Crippen molar-refractivity contribution in [2.75, 3.05) is 0 Å². The average Bonchev–Trinajstić information content (AvgIpc) is 2.38. The van der Waals surface area contributed by atoms with Gasteiger partial charge in [0, 0.05) is 0 Å². The molecule has 0 radical (unpaired) electrons. The Bertz CT molecular complexity index is 150. The minimum atomic E-state index is 0.956. The van der Waals surface area contributed by atoms with E-state index in [2.05, 4.69) is 27.7 Å². The van der Waals surface area contributed by atoms with Crippen molar-refractivity contribution in [1.29, 1.82) is 0 Å². The molecule has 0 aliphatic rings. The highest BCUT2D eigenvalue weighted by Crippen LogP contribution is 2.21. The Balaban J connectivity index is 3.28. The summed E-state index contributed by atoms with van der Waals surface area (Å²) in [4.78, 5) is 0. The van der Waals surface area contributed by atoms with Crippen molar-refractivity contribution >= 4 is 0 Å². The summed E-state index contributed by atoms with van der Waals surface area (Å²) in [6.45, 7) is 9.49. The Hall–Kier alpha value is 0. The van der Waals surface area contributed by atoms with Crippen LogP contribution in [-0.4, -0.2) is 0 Å². The highest BCUT2D eigenvalue weighted by atomic mass is 14.1. The van der Waals surface area contributed by atoms with Crippen LogP contribution in [0.1, 0.15) is 105 Å². The first-order valence-corrected chi connectivity index (χ1v) is 8.70. The second-order valence-electron chi connectivity index (χ2n) is 6.49. The van der Waals surface area contributed by atoms with Gasteiger partial charge in [-0.3, -0.25) is 0 Å². The zero-order valence-corrected chi connectivity index (χ0v) is 13.6. The van der Waals surface area contributed by atoms with Gasteiger partial charge in [-0.1, -0.05) is 105 Å². The van der Waals surface area contributed by atoms with Crippen LogP contribution in [0.25, 0.3) is 0 Å². The van der Waals surface area contributed by atoms with E-state index in [1.54, 1.807) is 0 Å². The van der Waals surface area contributed by atoms with Crippen molar-refractivity contribution < 1.29 is 0 Å². The fourth-order valence-electron chi connectivity index (χ4n) is 2.68. The summed E-state index contributed by atoms with van der Waals surface area (Å²) in [6.07, 6.45) is 17.3. The summed E-state index contributed by atoms with van der Waals surface area (Å²) < 4.78 is 0. The van der Waals surface area contributed by atoms with Crippen molar-refractivity contribution in [3.05, 3.63) is 0 Å². The lowest BCUT2D eigenvalue weighted by Crippen LogP contribution is -2.00. The third-order valence-electron chi connectivity index (χ3n) is 4.25. The maximum atomic E-state index is 2.46. The van der Waals surface area contributed by atoms with Gasteiger partial charge in [0.25, 0.3) is 0 Å². The van der Waals surface area contributed by atoms with Crippen LogP contribution in [0.4, 0.5) is 0 Å². The predicted molar refractivity (Wildman–Crippen MR) is 85.1 cm³/mol. The van der Waals surface area contributed by atoms with Crippen LogP contribution in [0.15, 0.2) is 0 Å². The molecule has 0 amide bonds. The van der Waals surface area contributed by atoms with E-state index in [0.29, 0.717) is 0 Å². The van der Waals surface area contributed by atoms with Crippen molar-refractivity contribution in [2.45, 2.75) is 105 Å². The van der Waals surface area contributed by atoms with Gasteiger partial charge in [0.05, 0.1) is 0 Å². The van der Waals surface area contributed by atoms with Gasteiger partial charge in [-0.15, -0.1) is 0 Å². The zero-order chi connectivity index (χ0) is 13.6. The molecule has 2 atom stereocenters. The quantitative estimate of drug-likeness (QED) is 0.311. The zero-order valence-electron chi connectivity index (χ0n) is 13.6. The molecule has 0 aromatic heterocycles. The van der Waals surface area contributed by atoms with Gasteiger partial charge < -0.3 is 0 Å². The van der Waals surface area contributed by atoms with Crippen molar-refractivity contribution in [1.82, 2.24) is 0 Å². The number of hydrogen-bond donors (Lipinski definition) is 0. The van der Waals surface area contributed by atoms with Gasteiger partial charge in [-0.25, -0.2) is 0 Å². The third kappa shape index (κ3) is 12.5. The minimum absolute atomic E-state index is 0.956. The summed E-state index contributed by atoms with van der Waals surface area (Å²) >= 11 is 0. The summed E-state index contributed by atoms with van der Waals surface area (Å²) in [6, 6.07) is 0. The van der Waals surface area contributed by atoms with Gasteiger partial charge in [0.1, 0.15) is 0 Å². The highest BCUT2D eigenvalue weighted by Gasteiger charge is 2.06. The van der Waals surface area contributed by atoms with Gasteiger partial charge >= 0.3 is 0 Å². The lowest BCUT2D eigenvalue weighted by molar-refractivity contribution is 0.380. The fourth-order valence-corrected chi connectivity index (χ4v) is 2.68. The molecule has 0 heterocycles. The first-order chi connectivity index (χ1) is 8.70. The van der Waals surface area contributed by atoms with Gasteiger partial charge in [0.2, 0.25) is 0 Å². The molecular weight excluding hydrogens is 216 g/mol. The molecule has 0 aromatic rings. The first-order valence-electron chi connectivity index (χ1n) is 8.70. The molecule has 18 heavy (non-hydrogen) atoms. The molecule has 0 aliphatic heterocycles. The van der Waals surface area contributed by atoms with E-state index < -0.39 is 0 Å². The fraction of sp³-hybridized carbons (Fsp3) is 1.00. The first kappa shape index (κ1) is 18.0. The maximum Gasteiger partial charge on any atom is -0.0443 e. The highest BCUT2D eigenvalue weighted by molar-refractivity contribution is 4.59. The lowest BCUT2D eigenvalue weighted by atomic mass is 9.91. The Kier molecular flexibility index (Phi) is 13.4. The summed E-state index contributed by atoms with van der Waals surface area (Å²) in [5, 5.41) is 0. The van der Waals surface area contributed by atoms with E-state index in [4.69, 9.17) is 0 Å². The molecule has 0 heteroatoms. The molecule has 0 saturated carbocycles. The molecule has 0 bridgehead atoms. The number of unbranched alkanes of at least 4 members (excludes halogenated alkanes) is 6. The molecule has 0 N–H and O–H groups in total. The minimum Gasteiger partial charge on any atom is -0.0654 e. The van der Waals surface area contributed by atoms with Gasteiger partial charge in [0.15, 0.2) is 0 Å². The van der Waals surface area contributed by atoms with Crippen LogP contribution < -0.4 is 0 Å². The van der Waals surface area contributed by atoms with E-state index in [-0.39, 0.29) is 0 Å². The van der Waals surface area contributed by atoms with Crippen LogP contribution in [0, 0.1) is 11.8 Å². The molecule has 110 valence electrons. The van der Waals surface area contributed by atoms with E-state index in [9.17, 15) is 0 Å². The Morgan fingerprint density at radius 3 is 1.50 bits per heavy atom. The van der Waals surface area contributed by atoms with E-state index in [1.807, 2.05) is 0 Å². The summed E-state index contributed by atoms with van der Waals surface area (Å²) in [5.74, 6) is 1.91. The molecule has 0 aromatic carbocycles. The second kappa shape index (κ2) is 13.4. The Labute approximate surface area is 117 Å². The van der Waals surface area contributed by atoms with Gasteiger partial charge in [-0.05, 0) is 11.8 Å². The van der Waals surface area contributed by atoms with Crippen LogP contribution in [-0.2, 0) is 0 Å². The van der Waals surface area contributed by atoms with Crippen molar-refractivity contribution in [2.24, 2.45) is 11.8 Å². The predicted octanol–water partition coefficient (Wildman–Crippen LogP) is 6.98. The largest absolute Gasteiger partial charge is 0.0654 e. The summed E-state index contributed by atoms with van der Waals surface area (Å²) in [5.41, 5.74) is 0. The van der Waals surface area contributed by atoms with E-state index >= 15 is 0 Å². The van der Waals surface area contributed by atoms with Crippen molar-refractivity contribution in [3.8, 4) is 0 Å². The van der Waals surface area contributed by atoms with E-state index in [1.165, 1.54) is 77.0 Å². The molecule has 0 saturated heterocycles. The van der Waals surface area contributed by atoms with Crippen LogP contribution in [0.3, 0.4) is 0 Å². The second-order valence-corrected chi connectivity index (χ2v) is 6.49. The lowest BCUT2D eigenvalue weighted by Gasteiger charge is -2.15. The Morgan fingerprint density at radius 1 is 0.500 bits per heavy atom. The van der Waals surface area contributed by atoms with Crippen LogP contribution >= 0.6 is 0 Å². The van der Waals surface area contributed by atoms with Crippen molar-refractivity contribution in [3.63, 3.8) is 0 Å². The maximum absolute atomic E-state index is 2.46. The number of hydrogen-bond acceptors (Lipinski definition) is 0. The molecule has 0 nitrogen and oxygen atoms in total. The molecule has 0 fully saturated rings. The van der Waals surface area contributed by atoms with Gasteiger partial charge in [-0.2, -0.15) is 0 Å². The summed E-state index contributed by atoms with van der Waals surface area (Å²) in [7, 11) is 0. The molecule has 0 rings (SSSR count). The number of rotatable bonds is 13. The molecule has 2 unspecified atom stereocenters. The SMILES string of the molecule is CCCCCCCCC(C)CCC(C)CCCC. The standard InChI is InChI=1S/C18H38/c1-5-7-9-10-11-12-14-18(4)16-15-17(3)13-8-6-2/h17-18H,5-16H2,1-4H3. The molecular formula is C18H38. The Morgan fingerprint density at radius 2 is 0.944 bits per heavy atom.